The van der Waals surface area contributed by atoms with Crippen LogP contribution in [0, 0.1) is 0 Å². The van der Waals surface area contributed by atoms with Gasteiger partial charge in [0.2, 0.25) is 0 Å². The second-order valence-corrected chi connectivity index (χ2v) is 9.71. The van der Waals surface area contributed by atoms with Gasteiger partial charge in [-0.05, 0) is 81.6 Å². The van der Waals surface area contributed by atoms with Gasteiger partial charge in [0.05, 0.1) is 0 Å². The highest BCUT2D eigenvalue weighted by Gasteiger charge is 2.12. The van der Waals surface area contributed by atoms with Gasteiger partial charge in [0.15, 0.2) is 0 Å². The largest absolute Gasteiger partial charge is 0.311 e. The molecule has 0 N–H and O–H groups in total. The van der Waals surface area contributed by atoms with Gasteiger partial charge in [0.1, 0.15) is 0 Å². The van der Waals surface area contributed by atoms with Crippen LogP contribution in [0.5, 0.6) is 0 Å². The zero-order valence-corrected chi connectivity index (χ0v) is 23.3. The molecule has 0 atom stereocenters. The molecule has 0 spiro atoms. The summed E-state index contributed by atoms with van der Waals surface area (Å²) in [6, 6.07) is 51.7. The quantitative estimate of drug-likeness (QED) is 0.204. The topological polar surface area (TPSA) is 3.24 Å². The van der Waals surface area contributed by atoms with Crippen molar-refractivity contribution in [2.75, 3.05) is 4.90 Å². The molecule has 0 saturated heterocycles. The first kappa shape index (κ1) is 25.5. The Morgan fingerprint density at radius 3 is 1.55 bits per heavy atom. The van der Waals surface area contributed by atoms with Gasteiger partial charge in [0.25, 0.3) is 0 Å². The van der Waals surface area contributed by atoms with Gasteiger partial charge in [-0.1, -0.05) is 127 Å². The second-order valence-electron chi connectivity index (χ2n) is 8.80. The number of nitrogens with zero attached hydrogens (tertiary/aromatic N) is 1. The van der Waals surface area contributed by atoms with Crippen molar-refractivity contribution < 1.29 is 0 Å². The minimum absolute atomic E-state index is 1.07. The number of para-hydroxylation sites is 1. The van der Waals surface area contributed by atoms with Crippen LogP contribution in [0.25, 0.3) is 33.0 Å². The first-order chi connectivity index (χ1) is 18.8. The Bertz CT molecular complexity index is 1600. The third kappa shape index (κ3) is 5.41. The summed E-state index contributed by atoms with van der Waals surface area (Å²) in [5.74, 6) is 0. The molecule has 6 aromatic carbocycles. The highest BCUT2D eigenvalue weighted by molar-refractivity contribution is 9.10. The number of benzene rings is 6. The Kier molecular flexibility index (Phi) is 8.01. The smallest absolute Gasteiger partial charge is 0.0462 e. The van der Waals surface area contributed by atoms with Crippen LogP contribution in [-0.2, 0) is 0 Å². The summed E-state index contributed by atoms with van der Waals surface area (Å²) < 4.78 is 1.07. The van der Waals surface area contributed by atoms with E-state index in [-0.39, 0.29) is 0 Å². The third-order valence-electron chi connectivity index (χ3n) is 6.54. The van der Waals surface area contributed by atoms with E-state index in [1.807, 2.05) is 19.9 Å². The molecule has 0 unspecified atom stereocenters. The van der Waals surface area contributed by atoms with Gasteiger partial charge in [0, 0.05) is 21.5 Å². The Balaban J connectivity index is 0.00000144. The Hall–Kier alpha value is -4.14. The maximum atomic E-state index is 3.56. The maximum absolute atomic E-state index is 3.56. The fourth-order valence-corrected chi connectivity index (χ4v) is 5.00. The molecule has 0 aromatic heterocycles. The minimum Gasteiger partial charge on any atom is -0.311 e. The predicted octanol–water partition coefficient (Wildman–Crippen LogP) is 11.4. The van der Waals surface area contributed by atoms with Crippen molar-refractivity contribution in [1.82, 2.24) is 0 Å². The number of hydrogen-bond acceptors (Lipinski definition) is 1. The summed E-state index contributed by atoms with van der Waals surface area (Å²) in [6.45, 7) is 4.00. The lowest BCUT2D eigenvalue weighted by atomic mass is 9.96. The van der Waals surface area contributed by atoms with Gasteiger partial charge in [-0.3, -0.25) is 0 Å². The first-order valence-corrected chi connectivity index (χ1v) is 13.8. The molecule has 0 radical (unpaired) electrons. The third-order valence-corrected chi connectivity index (χ3v) is 7.07. The van der Waals surface area contributed by atoms with Crippen LogP contribution in [0.3, 0.4) is 0 Å². The Morgan fingerprint density at radius 2 is 0.895 bits per heavy atom. The van der Waals surface area contributed by atoms with Gasteiger partial charge in [-0.2, -0.15) is 0 Å². The van der Waals surface area contributed by atoms with E-state index in [9.17, 15) is 0 Å². The van der Waals surface area contributed by atoms with Crippen LogP contribution in [0.4, 0.5) is 17.1 Å². The fourth-order valence-electron chi connectivity index (χ4n) is 4.74. The van der Waals surface area contributed by atoms with Crippen LogP contribution in [0.2, 0.25) is 0 Å². The van der Waals surface area contributed by atoms with Crippen molar-refractivity contribution in [3.63, 3.8) is 0 Å². The molecule has 0 bridgehead atoms. The van der Waals surface area contributed by atoms with Crippen molar-refractivity contribution in [2.24, 2.45) is 0 Å². The predicted molar refractivity (Wildman–Crippen MR) is 169 cm³/mol. The van der Waals surface area contributed by atoms with Crippen LogP contribution in [-0.4, -0.2) is 0 Å². The van der Waals surface area contributed by atoms with E-state index in [4.69, 9.17) is 0 Å². The molecule has 1 nitrogen and oxygen atoms in total. The standard InChI is InChI=1S/C34H24BrN.C2H6/c35-29-19-23-32(24-20-29)36(30-9-2-1-3-10-30)31-21-17-26(18-22-31)25-13-15-28(16-14-25)34-12-6-8-27-7-4-5-11-33(27)34;1-2/h1-24H;1-2H3. The molecule has 6 rings (SSSR count). The lowest BCUT2D eigenvalue weighted by Gasteiger charge is -2.25. The van der Waals surface area contributed by atoms with Crippen molar-refractivity contribution >= 4 is 43.8 Å². The number of fused-ring (bicyclic) bond motifs is 1. The molecule has 0 saturated carbocycles. The number of halogens is 1. The second kappa shape index (κ2) is 11.9. The summed E-state index contributed by atoms with van der Waals surface area (Å²) in [7, 11) is 0. The number of hydrogen-bond donors (Lipinski definition) is 0. The average Bonchev–Trinajstić information content (AvgIpc) is 3.00. The maximum Gasteiger partial charge on any atom is 0.0462 e. The molecule has 0 aliphatic rings. The van der Waals surface area contributed by atoms with Gasteiger partial charge < -0.3 is 4.90 Å². The van der Waals surface area contributed by atoms with E-state index < -0.39 is 0 Å². The highest BCUT2D eigenvalue weighted by Crippen LogP contribution is 2.36. The van der Waals surface area contributed by atoms with Crippen LogP contribution < -0.4 is 4.90 Å². The van der Waals surface area contributed by atoms with Gasteiger partial charge >= 0.3 is 0 Å². The molecule has 6 aromatic rings. The van der Waals surface area contributed by atoms with E-state index in [0.717, 1.165) is 21.5 Å². The van der Waals surface area contributed by atoms with E-state index in [2.05, 4.69) is 160 Å². The number of rotatable bonds is 5. The highest BCUT2D eigenvalue weighted by atomic mass is 79.9. The molecule has 0 heterocycles. The van der Waals surface area contributed by atoms with Crippen LogP contribution in [0.1, 0.15) is 13.8 Å². The summed E-state index contributed by atoms with van der Waals surface area (Å²) in [5.41, 5.74) is 8.29. The molecule has 2 heteroatoms. The molecule has 0 aliphatic heterocycles. The SMILES string of the molecule is Brc1ccc(N(c2ccccc2)c2ccc(-c3ccc(-c4cccc5ccccc45)cc3)cc2)cc1.CC. The van der Waals surface area contributed by atoms with E-state index in [1.54, 1.807) is 0 Å². The van der Waals surface area contributed by atoms with Gasteiger partial charge in [-0.15, -0.1) is 0 Å². The lowest BCUT2D eigenvalue weighted by molar-refractivity contribution is 1.28. The normalized spacial score (nSPS) is 10.5. The number of anilines is 3. The van der Waals surface area contributed by atoms with Crippen molar-refractivity contribution in [2.45, 2.75) is 13.8 Å². The van der Waals surface area contributed by atoms with Crippen molar-refractivity contribution in [1.29, 1.82) is 0 Å². The molecular weight excluding hydrogens is 526 g/mol. The molecular formula is C36H30BrN. The molecule has 186 valence electrons. The summed E-state index contributed by atoms with van der Waals surface area (Å²) >= 11 is 3.56. The van der Waals surface area contributed by atoms with Crippen molar-refractivity contribution in [3.05, 3.63) is 150 Å². The molecule has 0 aliphatic carbocycles. The van der Waals surface area contributed by atoms with Crippen LogP contribution >= 0.6 is 15.9 Å². The summed E-state index contributed by atoms with van der Waals surface area (Å²) in [6.07, 6.45) is 0. The average molecular weight is 557 g/mol. The van der Waals surface area contributed by atoms with E-state index >= 15 is 0 Å². The Labute approximate surface area is 234 Å². The zero-order chi connectivity index (χ0) is 26.3. The molecule has 38 heavy (non-hydrogen) atoms. The minimum atomic E-state index is 1.07. The van der Waals surface area contributed by atoms with Crippen molar-refractivity contribution in [3.8, 4) is 22.3 Å². The van der Waals surface area contributed by atoms with E-state index in [0.29, 0.717) is 0 Å². The Morgan fingerprint density at radius 1 is 0.421 bits per heavy atom. The zero-order valence-electron chi connectivity index (χ0n) is 21.7. The molecule has 0 fully saturated rings. The van der Waals surface area contributed by atoms with Gasteiger partial charge in [-0.25, -0.2) is 0 Å². The monoisotopic (exact) mass is 555 g/mol. The molecule has 0 amide bonds. The summed E-state index contributed by atoms with van der Waals surface area (Å²) in [5, 5.41) is 2.55. The van der Waals surface area contributed by atoms with Crippen LogP contribution in [0.15, 0.2) is 150 Å². The van der Waals surface area contributed by atoms with E-state index in [1.165, 1.54) is 33.0 Å². The lowest BCUT2D eigenvalue weighted by Crippen LogP contribution is -2.09. The summed E-state index contributed by atoms with van der Waals surface area (Å²) in [4.78, 5) is 2.28. The fraction of sp³-hybridized carbons (Fsp3) is 0.0556. The first-order valence-electron chi connectivity index (χ1n) is 13.1.